The number of phenols is 1. The maximum Gasteiger partial charge on any atom is 0.317 e. The molecule has 2 N–H and O–H groups in total. The molecule has 1 heterocycles. The number of benzene rings is 1. The molecular weight excluding hydrogens is 229 g/mol. The molecule has 1 unspecified atom stereocenters. The molecule has 1 amide bonds. The van der Waals surface area contributed by atoms with Crippen LogP contribution < -0.4 is 5.32 Å². The Morgan fingerprint density at radius 3 is 3.22 bits per heavy atom. The molecule has 1 radical (unpaired) electrons. The van der Waals surface area contributed by atoms with E-state index in [-0.39, 0.29) is 24.0 Å². The number of rotatable bonds is 3. The Bertz CT molecular complexity index is 448. The lowest BCUT2D eigenvalue weighted by Gasteiger charge is -2.14. The van der Waals surface area contributed by atoms with Crippen LogP contribution in [0.4, 0.5) is 0 Å². The average Bonchev–Trinajstić information content (AvgIpc) is 2.57. The van der Waals surface area contributed by atoms with E-state index < -0.39 is 0 Å². The third-order valence-corrected chi connectivity index (χ3v) is 2.63. The summed E-state index contributed by atoms with van der Waals surface area (Å²) in [5.41, 5.74) is 0.789. The van der Waals surface area contributed by atoms with Gasteiger partial charge in [0, 0.05) is 12.5 Å². The van der Waals surface area contributed by atoms with E-state index in [0.29, 0.717) is 6.61 Å². The summed E-state index contributed by atoms with van der Waals surface area (Å²) < 4.78 is 5.21. The normalized spacial score (nSPS) is 18.8. The molecule has 1 aliphatic rings. The van der Waals surface area contributed by atoms with E-state index >= 15 is 0 Å². The Kier molecular flexibility index (Phi) is 4.42. The van der Waals surface area contributed by atoms with Crippen molar-refractivity contribution < 1.29 is 14.6 Å². The van der Waals surface area contributed by atoms with E-state index in [9.17, 15) is 9.90 Å². The second-order valence-electron chi connectivity index (χ2n) is 4.20. The van der Waals surface area contributed by atoms with E-state index in [1.807, 2.05) is 18.2 Å². The molecule has 1 atom stereocenters. The van der Waals surface area contributed by atoms with Crippen molar-refractivity contribution >= 4 is 13.4 Å². The maximum absolute atomic E-state index is 11.8. The smallest absolute Gasteiger partial charge is 0.317 e. The first kappa shape index (κ1) is 12.7. The molecular formula is C13H15BNO3. The number of amides is 1. The third-order valence-electron chi connectivity index (χ3n) is 2.63. The van der Waals surface area contributed by atoms with Gasteiger partial charge in [0.1, 0.15) is 5.75 Å². The number of nitrogens with one attached hydrogen (secondary N) is 1. The number of carbonyl (C=O) groups is 1. The SMILES string of the molecule is O=C(Cc1cccc(O)c1)NC1[B]OCC=CC1. The van der Waals surface area contributed by atoms with Gasteiger partial charge in [-0.2, -0.15) is 0 Å². The minimum Gasteiger partial charge on any atom is -0.508 e. The average molecular weight is 244 g/mol. The third kappa shape index (κ3) is 3.93. The standard InChI is InChI=1S/C13H15BNO3/c16-11-5-3-4-10(8-11)9-13(17)15-12-6-1-2-7-18-14-12/h1-5,8,12,16H,6-7,9H2,(H,15,17). The monoisotopic (exact) mass is 244 g/mol. The lowest BCUT2D eigenvalue weighted by atomic mass is 9.85. The highest BCUT2D eigenvalue weighted by Crippen LogP contribution is 2.11. The molecule has 0 saturated carbocycles. The quantitative estimate of drug-likeness (QED) is 0.615. The molecule has 0 aliphatic carbocycles. The number of carbonyl (C=O) groups excluding carboxylic acids is 1. The summed E-state index contributed by atoms with van der Waals surface area (Å²) in [6.07, 6.45) is 4.91. The van der Waals surface area contributed by atoms with Gasteiger partial charge < -0.3 is 15.1 Å². The van der Waals surface area contributed by atoms with Gasteiger partial charge in [0.15, 0.2) is 0 Å². The fourth-order valence-corrected chi connectivity index (χ4v) is 1.80. The largest absolute Gasteiger partial charge is 0.508 e. The highest BCUT2D eigenvalue weighted by atomic mass is 16.4. The van der Waals surface area contributed by atoms with Crippen molar-refractivity contribution in [3.63, 3.8) is 0 Å². The molecule has 4 nitrogen and oxygen atoms in total. The molecule has 93 valence electrons. The molecule has 1 aliphatic heterocycles. The number of aromatic hydroxyl groups is 1. The van der Waals surface area contributed by atoms with Crippen molar-refractivity contribution in [1.82, 2.24) is 5.32 Å². The van der Waals surface area contributed by atoms with Crippen LogP contribution in [0.25, 0.3) is 0 Å². The van der Waals surface area contributed by atoms with Gasteiger partial charge in [0.25, 0.3) is 0 Å². The van der Waals surface area contributed by atoms with Crippen LogP contribution in [-0.2, 0) is 15.9 Å². The summed E-state index contributed by atoms with van der Waals surface area (Å²) in [7, 11) is 1.65. The van der Waals surface area contributed by atoms with Gasteiger partial charge in [-0.3, -0.25) is 4.79 Å². The van der Waals surface area contributed by atoms with Gasteiger partial charge in [0.05, 0.1) is 6.42 Å². The van der Waals surface area contributed by atoms with Crippen molar-refractivity contribution in [2.45, 2.75) is 18.8 Å². The van der Waals surface area contributed by atoms with Crippen molar-refractivity contribution in [3.8, 4) is 5.75 Å². The van der Waals surface area contributed by atoms with E-state index in [1.165, 1.54) is 0 Å². The molecule has 5 heteroatoms. The Hall–Kier alpha value is -1.75. The van der Waals surface area contributed by atoms with Crippen molar-refractivity contribution in [1.29, 1.82) is 0 Å². The topological polar surface area (TPSA) is 58.6 Å². The van der Waals surface area contributed by atoms with E-state index in [2.05, 4.69) is 5.32 Å². The summed E-state index contributed by atoms with van der Waals surface area (Å²) in [6, 6.07) is 6.71. The lowest BCUT2D eigenvalue weighted by Crippen LogP contribution is -2.40. The van der Waals surface area contributed by atoms with Crippen LogP contribution in [0, 0.1) is 0 Å². The number of hydrogen-bond acceptors (Lipinski definition) is 3. The maximum atomic E-state index is 11.8. The van der Waals surface area contributed by atoms with Gasteiger partial charge >= 0.3 is 7.48 Å². The van der Waals surface area contributed by atoms with Crippen LogP contribution in [-0.4, -0.2) is 31.0 Å². The first-order valence-electron chi connectivity index (χ1n) is 5.91. The zero-order valence-electron chi connectivity index (χ0n) is 10.0. The first-order chi connectivity index (χ1) is 8.74. The summed E-state index contributed by atoms with van der Waals surface area (Å²) in [5, 5.41) is 12.2. The van der Waals surface area contributed by atoms with Crippen LogP contribution in [0.5, 0.6) is 5.75 Å². The van der Waals surface area contributed by atoms with Gasteiger partial charge in [0.2, 0.25) is 5.91 Å². The molecule has 0 fully saturated rings. The fraction of sp³-hybridized carbons (Fsp3) is 0.308. The van der Waals surface area contributed by atoms with Crippen LogP contribution in [0.1, 0.15) is 12.0 Å². The Morgan fingerprint density at radius 1 is 1.50 bits per heavy atom. The molecule has 0 spiro atoms. The fourth-order valence-electron chi connectivity index (χ4n) is 1.80. The highest BCUT2D eigenvalue weighted by Gasteiger charge is 2.15. The predicted molar refractivity (Wildman–Crippen MR) is 69.2 cm³/mol. The zero-order valence-corrected chi connectivity index (χ0v) is 10.0. The van der Waals surface area contributed by atoms with Crippen LogP contribution in [0.15, 0.2) is 36.4 Å². The number of phenolic OH excluding ortho intramolecular Hbond substituents is 1. The predicted octanol–water partition coefficient (Wildman–Crippen LogP) is 0.973. The molecule has 0 aromatic heterocycles. The number of hydrogen-bond donors (Lipinski definition) is 2. The highest BCUT2D eigenvalue weighted by molar-refractivity contribution is 6.30. The molecule has 0 saturated heterocycles. The van der Waals surface area contributed by atoms with Crippen LogP contribution >= 0.6 is 0 Å². The van der Waals surface area contributed by atoms with Crippen molar-refractivity contribution in [2.75, 3.05) is 6.61 Å². The van der Waals surface area contributed by atoms with Gasteiger partial charge in [-0.25, -0.2) is 0 Å². The Morgan fingerprint density at radius 2 is 2.39 bits per heavy atom. The summed E-state index contributed by atoms with van der Waals surface area (Å²) in [4.78, 5) is 11.8. The minimum absolute atomic E-state index is 0.0826. The van der Waals surface area contributed by atoms with Gasteiger partial charge in [-0.05, 0) is 24.1 Å². The van der Waals surface area contributed by atoms with Crippen molar-refractivity contribution in [3.05, 3.63) is 42.0 Å². The zero-order chi connectivity index (χ0) is 12.8. The Labute approximate surface area is 107 Å². The van der Waals surface area contributed by atoms with Crippen molar-refractivity contribution in [2.24, 2.45) is 0 Å². The van der Waals surface area contributed by atoms with E-state index in [4.69, 9.17) is 4.65 Å². The van der Waals surface area contributed by atoms with Gasteiger partial charge in [-0.1, -0.05) is 24.3 Å². The summed E-state index contributed by atoms with van der Waals surface area (Å²) in [5.74, 6) is 0.00176. The van der Waals surface area contributed by atoms with E-state index in [1.54, 1.807) is 25.7 Å². The first-order valence-corrected chi connectivity index (χ1v) is 5.91. The lowest BCUT2D eigenvalue weighted by molar-refractivity contribution is -0.120. The minimum atomic E-state index is -0.0893. The van der Waals surface area contributed by atoms with E-state index in [0.717, 1.165) is 12.0 Å². The van der Waals surface area contributed by atoms with Crippen LogP contribution in [0.3, 0.4) is 0 Å². The molecule has 0 bridgehead atoms. The summed E-state index contributed by atoms with van der Waals surface area (Å²) in [6.45, 7) is 0.554. The Balaban J connectivity index is 1.86. The second kappa shape index (κ2) is 6.26. The second-order valence-corrected chi connectivity index (χ2v) is 4.20. The molecule has 18 heavy (non-hydrogen) atoms. The van der Waals surface area contributed by atoms with Crippen LogP contribution in [0.2, 0.25) is 0 Å². The molecule has 1 aromatic rings. The summed E-state index contributed by atoms with van der Waals surface area (Å²) >= 11 is 0. The molecule has 2 rings (SSSR count). The van der Waals surface area contributed by atoms with Gasteiger partial charge in [-0.15, -0.1) is 0 Å². The molecule has 1 aromatic carbocycles.